The molecular formula is C16H19N3O7S2. The van der Waals surface area contributed by atoms with Crippen LogP contribution in [-0.4, -0.2) is 47.3 Å². The van der Waals surface area contributed by atoms with E-state index >= 15 is 0 Å². The van der Waals surface area contributed by atoms with E-state index in [0.717, 1.165) is 16.4 Å². The molecule has 0 amide bonds. The summed E-state index contributed by atoms with van der Waals surface area (Å²) in [7, 11) is -4.04. The van der Waals surface area contributed by atoms with Crippen molar-refractivity contribution in [2.24, 2.45) is 0 Å². The number of nitrogens with zero attached hydrogens (tertiary/aromatic N) is 2. The molecule has 0 fully saturated rings. The molecule has 152 valence electrons. The van der Waals surface area contributed by atoms with Gasteiger partial charge in [-0.2, -0.15) is 0 Å². The molecule has 0 aliphatic heterocycles. The number of benzene rings is 2. The second-order valence-corrected chi connectivity index (χ2v) is 9.79. The highest BCUT2D eigenvalue weighted by Gasteiger charge is 2.24. The largest absolute Gasteiger partial charge is 0.490 e. The maximum Gasteiger partial charge on any atom is 0.312 e. The Bertz CT molecular complexity index is 1130. The molecule has 28 heavy (non-hydrogen) atoms. The molecule has 0 aliphatic carbocycles. The fourth-order valence-electron chi connectivity index (χ4n) is 2.27. The van der Waals surface area contributed by atoms with E-state index in [1.807, 2.05) is 0 Å². The lowest BCUT2D eigenvalue weighted by Gasteiger charge is -2.15. The van der Waals surface area contributed by atoms with Gasteiger partial charge in [0.2, 0.25) is 10.0 Å². The summed E-state index contributed by atoms with van der Waals surface area (Å²) in [5.41, 5.74) is 0.0109. The van der Waals surface area contributed by atoms with E-state index in [-0.39, 0.29) is 21.2 Å². The number of nitrogens with one attached hydrogen (secondary N) is 1. The zero-order valence-electron chi connectivity index (χ0n) is 15.5. The lowest BCUT2D eigenvalue weighted by atomic mass is 10.2. The third kappa shape index (κ3) is 4.24. The first-order valence-electron chi connectivity index (χ1n) is 7.78. The summed E-state index contributed by atoms with van der Waals surface area (Å²) in [6, 6.07) is 7.22. The van der Waals surface area contributed by atoms with Gasteiger partial charge in [0, 0.05) is 20.2 Å². The Kier molecular flexibility index (Phi) is 5.97. The number of hydrogen-bond acceptors (Lipinski definition) is 7. The fraction of sp³-hybridized carbons (Fsp3) is 0.250. The van der Waals surface area contributed by atoms with Gasteiger partial charge in [-0.1, -0.05) is 6.07 Å². The van der Waals surface area contributed by atoms with Crippen molar-refractivity contribution >= 4 is 31.4 Å². The van der Waals surface area contributed by atoms with E-state index in [4.69, 9.17) is 4.74 Å². The average Bonchev–Trinajstić information content (AvgIpc) is 2.62. The van der Waals surface area contributed by atoms with Crippen molar-refractivity contribution < 1.29 is 26.5 Å². The van der Waals surface area contributed by atoms with E-state index in [2.05, 4.69) is 4.72 Å². The Morgan fingerprint density at radius 2 is 1.64 bits per heavy atom. The Morgan fingerprint density at radius 1 is 1.04 bits per heavy atom. The zero-order chi connectivity index (χ0) is 21.3. The standard InChI is InChI=1S/C16H19N3O7S2/c1-11-5-6-13(28(24,25)18(2)3)9-14(11)17-27(22,23)12-7-8-16(26-4)15(10-12)19(20)21/h5-10,17H,1-4H3. The molecule has 0 heterocycles. The van der Waals surface area contributed by atoms with Gasteiger partial charge < -0.3 is 4.74 Å². The smallest absolute Gasteiger partial charge is 0.312 e. The summed E-state index contributed by atoms with van der Waals surface area (Å²) in [6.45, 7) is 1.60. The van der Waals surface area contributed by atoms with Crippen LogP contribution >= 0.6 is 0 Å². The highest BCUT2D eigenvalue weighted by molar-refractivity contribution is 7.92. The highest BCUT2D eigenvalue weighted by atomic mass is 32.2. The van der Waals surface area contributed by atoms with Crippen molar-refractivity contribution in [3.05, 3.63) is 52.1 Å². The van der Waals surface area contributed by atoms with Crippen LogP contribution in [0.5, 0.6) is 5.75 Å². The van der Waals surface area contributed by atoms with Crippen molar-refractivity contribution in [3.63, 3.8) is 0 Å². The van der Waals surface area contributed by atoms with E-state index in [1.165, 1.54) is 45.5 Å². The van der Waals surface area contributed by atoms with Gasteiger partial charge in [-0.15, -0.1) is 0 Å². The summed E-state index contributed by atoms with van der Waals surface area (Å²) in [4.78, 5) is 9.92. The van der Waals surface area contributed by atoms with Crippen molar-refractivity contribution in [2.75, 3.05) is 25.9 Å². The van der Waals surface area contributed by atoms with Crippen molar-refractivity contribution in [3.8, 4) is 5.75 Å². The maximum atomic E-state index is 12.7. The Balaban J connectivity index is 2.51. The third-order valence-corrected chi connectivity index (χ3v) is 7.06. The summed E-state index contributed by atoms with van der Waals surface area (Å²) >= 11 is 0. The lowest BCUT2D eigenvalue weighted by molar-refractivity contribution is -0.386. The van der Waals surface area contributed by atoms with Crippen LogP contribution in [0, 0.1) is 17.0 Å². The molecule has 2 aromatic carbocycles. The summed E-state index contributed by atoms with van der Waals surface area (Å²) in [5.74, 6) is -0.0841. The number of anilines is 1. The van der Waals surface area contributed by atoms with Gasteiger partial charge in [0.25, 0.3) is 10.0 Å². The van der Waals surface area contributed by atoms with Crippen LogP contribution in [0.15, 0.2) is 46.2 Å². The fourth-order valence-corrected chi connectivity index (χ4v) is 4.34. The number of hydrogen-bond donors (Lipinski definition) is 1. The van der Waals surface area contributed by atoms with Crippen LogP contribution in [0.1, 0.15) is 5.56 Å². The van der Waals surface area contributed by atoms with Gasteiger partial charge in [-0.3, -0.25) is 14.8 Å². The molecule has 0 saturated heterocycles. The Labute approximate surface area is 163 Å². The number of aryl methyl sites for hydroxylation is 1. The number of methoxy groups -OCH3 is 1. The van der Waals surface area contributed by atoms with Crippen LogP contribution in [0.3, 0.4) is 0 Å². The molecule has 0 radical (unpaired) electrons. The van der Waals surface area contributed by atoms with Crippen molar-refractivity contribution in [1.82, 2.24) is 4.31 Å². The second kappa shape index (κ2) is 7.73. The van der Waals surface area contributed by atoms with Crippen molar-refractivity contribution in [1.29, 1.82) is 0 Å². The molecule has 12 heteroatoms. The van der Waals surface area contributed by atoms with Crippen LogP contribution < -0.4 is 9.46 Å². The molecule has 10 nitrogen and oxygen atoms in total. The minimum atomic E-state index is -4.22. The first-order chi connectivity index (χ1) is 12.9. The Morgan fingerprint density at radius 3 is 2.18 bits per heavy atom. The van der Waals surface area contributed by atoms with E-state index in [9.17, 15) is 26.9 Å². The van der Waals surface area contributed by atoms with Gasteiger partial charge in [-0.05, 0) is 36.8 Å². The molecule has 0 spiro atoms. The topological polar surface area (TPSA) is 136 Å². The first kappa shape index (κ1) is 21.6. The molecule has 0 atom stereocenters. The lowest BCUT2D eigenvalue weighted by Crippen LogP contribution is -2.22. The number of nitro groups is 1. The molecule has 0 bridgehead atoms. The van der Waals surface area contributed by atoms with Crippen LogP contribution in [0.2, 0.25) is 0 Å². The quantitative estimate of drug-likeness (QED) is 0.525. The predicted molar refractivity (Wildman–Crippen MR) is 103 cm³/mol. The zero-order valence-corrected chi connectivity index (χ0v) is 17.2. The molecule has 0 unspecified atom stereocenters. The van der Waals surface area contributed by atoms with E-state index < -0.39 is 30.7 Å². The average molecular weight is 429 g/mol. The van der Waals surface area contributed by atoms with Crippen molar-refractivity contribution in [2.45, 2.75) is 16.7 Å². The van der Waals surface area contributed by atoms with Gasteiger partial charge in [0.05, 0.1) is 27.5 Å². The second-order valence-electron chi connectivity index (χ2n) is 5.96. The molecular weight excluding hydrogens is 410 g/mol. The van der Waals surface area contributed by atoms with Gasteiger partial charge in [-0.25, -0.2) is 21.1 Å². The van der Waals surface area contributed by atoms with Gasteiger partial charge in [0.1, 0.15) is 0 Å². The SMILES string of the molecule is COc1ccc(S(=O)(=O)Nc2cc(S(=O)(=O)N(C)C)ccc2C)cc1[N+](=O)[O-]. The first-order valence-corrected chi connectivity index (χ1v) is 10.7. The molecule has 0 saturated carbocycles. The summed E-state index contributed by atoms with van der Waals surface area (Å²) in [6.07, 6.45) is 0. The predicted octanol–water partition coefficient (Wildman–Crippen LogP) is 1.96. The van der Waals surface area contributed by atoms with E-state index in [1.54, 1.807) is 6.92 Å². The number of rotatable bonds is 7. The molecule has 2 aromatic rings. The molecule has 2 rings (SSSR count). The minimum Gasteiger partial charge on any atom is -0.490 e. The molecule has 1 N–H and O–H groups in total. The van der Waals surface area contributed by atoms with Gasteiger partial charge >= 0.3 is 5.69 Å². The van der Waals surface area contributed by atoms with Crippen LogP contribution in [-0.2, 0) is 20.0 Å². The Hall–Kier alpha value is -2.70. The number of nitro benzene ring substituents is 1. The number of ether oxygens (including phenoxy) is 1. The highest BCUT2D eigenvalue weighted by Crippen LogP contribution is 2.31. The number of sulfonamides is 2. The molecule has 0 aliphatic rings. The summed E-state index contributed by atoms with van der Waals surface area (Å²) < 4.78 is 58.1. The maximum absolute atomic E-state index is 12.7. The van der Waals surface area contributed by atoms with Crippen LogP contribution in [0.4, 0.5) is 11.4 Å². The summed E-state index contributed by atoms with van der Waals surface area (Å²) in [5, 5.41) is 11.1. The monoisotopic (exact) mass is 429 g/mol. The van der Waals surface area contributed by atoms with E-state index in [0.29, 0.717) is 5.56 Å². The normalized spacial score (nSPS) is 12.0. The molecule has 0 aromatic heterocycles. The van der Waals surface area contributed by atoms with Crippen LogP contribution in [0.25, 0.3) is 0 Å². The minimum absolute atomic E-state index is 0.0430. The third-order valence-electron chi connectivity index (χ3n) is 3.89. The van der Waals surface area contributed by atoms with Gasteiger partial charge in [0.15, 0.2) is 5.75 Å².